The third-order valence-corrected chi connectivity index (χ3v) is 3.54. The van der Waals surface area contributed by atoms with Gasteiger partial charge < -0.3 is 14.7 Å². The minimum Gasteiger partial charge on any atom is -0.393 e. The number of rotatable bonds is 4. The average Bonchev–Trinajstić information content (AvgIpc) is 2.39. The van der Waals surface area contributed by atoms with Gasteiger partial charge in [0.05, 0.1) is 6.10 Å². The van der Waals surface area contributed by atoms with Crippen molar-refractivity contribution in [3.63, 3.8) is 0 Å². The number of hydrogen-bond acceptors (Lipinski definition) is 5. The molecular weight excluding hydrogens is 266 g/mol. The van der Waals surface area contributed by atoms with Gasteiger partial charge in [0.2, 0.25) is 0 Å². The predicted octanol–water partition coefficient (Wildman–Crippen LogP) is 1.87. The van der Waals surface area contributed by atoms with Crippen molar-refractivity contribution in [1.29, 1.82) is 0 Å². The van der Waals surface area contributed by atoms with Crippen LogP contribution in [-0.2, 0) is 11.3 Å². The first-order chi connectivity index (χ1) is 9.10. The highest BCUT2D eigenvalue weighted by Crippen LogP contribution is 2.23. The van der Waals surface area contributed by atoms with Crippen LogP contribution >= 0.6 is 11.6 Å². The maximum atomic E-state index is 9.76. The second-order valence-electron chi connectivity index (χ2n) is 4.88. The fraction of sp³-hybridized carbons (Fsp3) is 0.692. The Morgan fingerprint density at radius 1 is 1.53 bits per heavy atom. The molecule has 1 aromatic heterocycles. The van der Waals surface area contributed by atoms with Gasteiger partial charge in [-0.1, -0.05) is 18.5 Å². The SMILES string of the molecule is CCOCc1nc(Cl)cc(N2CCC(O)C(C)C2)n1. The van der Waals surface area contributed by atoms with Crippen molar-refractivity contribution in [2.45, 2.75) is 33.0 Å². The Hall–Kier alpha value is -0.910. The molecule has 5 nitrogen and oxygen atoms in total. The van der Waals surface area contributed by atoms with Gasteiger partial charge in [0, 0.05) is 25.8 Å². The second-order valence-corrected chi connectivity index (χ2v) is 5.27. The normalized spacial score (nSPS) is 23.7. The quantitative estimate of drug-likeness (QED) is 0.856. The van der Waals surface area contributed by atoms with E-state index < -0.39 is 0 Å². The van der Waals surface area contributed by atoms with E-state index >= 15 is 0 Å². The number of aromatic nitrogens is 2. The minimum atomic E-state index is -0.226. The van der Waals surface area contributed by atoms with Crippen LogP contribution in [0.2, 0.25) is 5.15 Å². The highest BCUT2D eigenvalue weighted by atomic mass is 35.5. The van der Waals surface area contributed by atoms with Crippen LogP contribution in [0.4, 0.5) is 5.82 Å². The molecule has 106 valence electrons. The molecule has 0 saturated carbocycles. The number of ether oxygens (including phenoxy) is 1. The van der Waals surface area contributed by atoms with Crippen LogP contribution in [-0.4, -0.2) is 40.9 Å². The summed E-state index contributed by atoms with van der Waals surface area (Å²) in [6.07, 6.45) is 0.528. The van der Waals surface area contributed by atoms with Gasteiger partial charge in [0.15, 0.2) is 5.82 Å². The van der Waals surface area contributed by atoms with Crippen LogP contribution in [0.25, 0.3) is 0 Å². The van der Waals surface area contributed by atoms with E-state index in [1.807, 2.05) is 13.8 Å². The molecule has 2 unspecified atom stereocenters. The summed E-state index contributed by atoms with van der Waals surface area (Å²) < 4.78 is 5.31. The first kappa shape index (κ1) is 14.5. The fourth-order valence-electron chi connectivity index (χ4n) is 2.21. The molecule has 0 spiro atoms. The topological polar surface area (TPSA) is 58.5 Å². The number of anilines is 1. The summed E-state index contributed by atoms with van der Waals surface area (Å²) in [4.78, 5) is 10.8. The number of aliphatic hydroxyl groups is 1. The third-order valence-electron chi connectivity index (χ3n) is 3.35. The summed E-state index contributed by atoms with van der Waals surface area (Å²) in [5.74, 6) is 1.65. The van der Waals surface area contributed by atoms with Gasteiger partial charge >= 0.3 is 0 Å². The Bertz CT molecular complexity index is 430. The summed E-state index contributed by atoms with van der Waals surface area (Å²) >= 11 is 6.03. The van der Waals surface area contributed by atoms with Crippen molar-refractivity contribution in [1.82, 2.24) is 9.97 Å². The summed E-state index contributed by atoms with van der Waals surface area (Å²) in [6, 6.07) is 1.77. The van der Waals surface area contributed by atoms with E-state index in [1.54, 1.807) is 6.07 Å². The van der Waals surface area contributed by atoms with E-state index in [0.29, 0.717) is 24.2 Å². The molecule has 1 aliphatic rings. The van der Waals surface area contributed by atoms with Crippen molar-refractivity contribution in [3.8, 4) is 0 Å². The molecule has 1 aliphatic heterocycles. The summed E-state index contributed by atoms with van der Waals surface area (Å²) in [5, 5.41) is 10.2. The van der Waals surface area contributed by atoms with Crippen LogP contribution in [0, 0.1) is 5.92 Å². The van der Waals surface area contributed by atoms with Crippen LogP contribution in [0.1, 0.15) is 26.1 Å². The van der Waals surface area contributed by atoms with Crippen molar-refractivity contribution >= 4 is 17.4 Å². The zero-order valence-electron chi connectivity index (χ0n) is 11.3. The molecule has 0 bridgehead atoms. The van der Waals surface area contributed by atoms with Crippen molar-refractivity contribution in [3.05, 3.63) is 17.0 Å². The maximum absolute atomic E-state index is 9.76. The summed E-state index contributed by atoms with van der Waals surface area (Å²) in [6.45, 7) is 6.53. The van der Waals surface area contributed by atoms with Crippen molar-refractivity contribution in [2.75, 3.05) is 24.6 Å². The number of piperidine rings is 1. The van der Waals surface area contributed by atoms with Crippen LogP contribution < -0.4 is 4.90 Å². The molecule has 0 aliphatic carbocycles. The molecule has 1 fully saturated rings. The number of hydrogen-bond donors (Lipinski definition) is 1. The van der Waals surface area contributed by atoms with Gasteiger partial charge in [-0.3, -0.25) is 0 Å². The summed E-state index contributed by atoms with van der Waals surface area (Å²) in [5.41, 5.74) is 0. The van der Waals surface area contributed by atoms with E-state index in [4.69, 9.17) is 16.3 Å². The zero-order chi connectivity index (χ0) is 13.8. The summed E-state index contributed by atoms with van der Waals surface area (Å²) in [7, 11) is 0. The molecule has 0 radical (unpaired) electrons. The van der Waals surface area contributed by atoms with Gasteiger partial charge in [-0.15, -0.1) is 0 Å². The first-order valence-corrected chi connectivity index (χ1v) is 7.02. The molecule has 2 atom stereocenters. The predicted molar refractivity (Wildman–Crippen MR) is 74.4 cm³/mol. The fourth-order valence-corrected chi connectivity index (χ4v) is 2.41. The highest BCUT2D eigenvalue weighted by molar-refractivity contribution is 6.29. The van der Waals surface area contributed by atoms with Crippen LogP contribution in [0.3, 0.4) is 0 Å². The van der Waals surface area contributed by atoms with Crippen LogP contribution in [0.5, 0.6) is 0 Å². The first-order valence-electron chi connectivity index (χ1n) is 6.64. The molecule has 1 N–H and O–H groups in total. The van der Waals surface area contributed by atoms with E-state index in [0.717, 1.165) is 25.3 Å². The van der Waals surface area contributed by atoms with Gasteiger partial charge in [-0.2, -0.15) is 0 Å². The van der Waals surface area contributed by atoms with E-state index in [-0.39, 0.29) is 12.0 Å². The largest absolute Gasteiger partial charge is 0.393 e. The van der Waals surface area contributed by atoms with Crippen molar-refractivity contribution in [2.24, 2.45) is 5.92 Å². The second kappa shape index (κ2) is 6.50. The lowest BCUT2D eigenvalue weighted by Crippen LogP contribution is -2.42. The Kier molecular flexibility index (Phi) is 4.96. The van der Waals surface area contributed by atoms with Crippen LogP contribution in [0.15, 0.2) is 6.07 Å². The Labute approximate surface area is 118 Å². The lowest BCUT2D eigenvalue weighted by atomic mass is 9.97. The monoisotopic (exact) mass is 285 g/mol. The van der Waals surface area contributed by atoms with Gasteiger partial charge in [-0.25, -0.2) is 9.97 Å². The lowest BCUT2D eigenvalue weighted by Gasteiger charge is -2.35. The Balaban J connectivity index is 2.13. The zero-order valence-corrected chi connectivity index (χ0v) is 12.1. The molecule has 2 heterocycles. The van der Waals surface area contributed by atoms with Crippen molar-refractivity contribution < 1.29 is 9.84 Å². The third kappa shape index (κ3) is 3.78. The molecule has 1 saturated heterocycles. The van der Waals surface area contributed by atoms with E-state index in [1.165, 1.54) is 0 Å². The van der Waals surface area contributed by atoms with Gasteiger partial charge in [-0.05, 0) is 19.3 Å². The van der Waals surface area contributed by atoms with E-state index in [9.17, 15) is 5.11 Å². The van der Waals surface area contributed by atoms with Gasteiger partial charge in [0.25, 0.3) is 0 Å². The molecule has 2 rings (SSSR count). The highest BCUT2D eigenvalue weighted by Gasteiger charge is 2.25. The Morgan fingerprint density at radius 3 is 3.00 bits per heavy atom. The maximum Gasteiger partial charge on any atom is 0.158 e. The average molecular weight is 286 g/mol. The minimum absolute atomic E-state index is 0.226. The number of aliphatic hydroxyl groups excluding tert-OH is 1. The smallest absolute Gasteiger partial charge is 0.158 e. The molecule has 6 heteroatoms. The molecule has 0 aromatic carbocycles. The standard InChI is InChI=1S/C13H20ClN3O2/c1-3-19-8-12-15-11(14)6-13(16-12)17-5-4-10(18)9(2)7-17/h6,9-10,18H,3-5,7-8H2,1-2H3. The molecule has 1 aromatic rings. The molecular formula is C13H20ClN3O2. The lowest BCUT2D eigenvalue weighted by molar-refractivity contribution is 0.0967. The molecule has 19 heavy (non-hydrogen) atoms. The number of nitrogens with zero attached hydrogens (tertiary/aromatic N) is 3. The molecule has 0 amide bonds. The van der Waals surface area contributed by atoms with E-state index in [2.05, 4.69) is 14.9 Å². The van der Waals surface area contributed by atoms with Gasteiger partial charge in [0.1, 0.15) is 17.6 Å². The number of halogens is 1. The Morgan fingerprint density at radius 2 is 2.32 bits per heavy atom.